The van der Waals surface area contributed by atoms with Crippen LogP contribution in [0.15, 0.2) is 24.3 Å². The smallest absolute Gasteiger partial charge is 0.422 e. The van der Waals surface area contributed by atoms with E-state index < -0.39 is 43.3 Å². The van der Waals surface area contributed by atoms with Gasteiger partial charge in [0.1, 0.15) is 5.82 Å². The largest absolute Gasteiger partial charge is 0.456 e. The Kier molecular flexibility index (Phi) is 6.89. The molecule has 0 aromatic heterocycles. The minimum absolute atomic E-state index is 0.135. The maximum Gasteiger partial charge on any atom is 0.422 e. The van der Waals surface area contributed by atoms with Crippen LogP contribution < -0.4 is 10.6 Å². The van der Waals surface area contributed by atoms with Crippen molar-refractivity contribution in [2.75, 3.05) is 11.9 Å². The quantitative estimate of drug-likeness (QED) is 0.484. The number of amides is 1. The van der Waals surface area contributed by atoms with Gasteiger partial charge in [-0.15, -0.1) is 0 Å². The van der Waals surface area contributed by atoms with Crippen LogP contribution in [-0.4, -0.2) is 29.8 Å². The van der Waals surface area contributed by atoms with E-state index in [0.29, 0.717) is 5.69 Å². The minimum atomic E-state index is -4.62. The Hall–Kier alpha value is -2.23. The van der Waals surface area contributed by atoms with Crippen molar-refractivity contribution in [2.24, 2.45) is 0 Å². The maximum absolute atomic E-state index is 12.9. The number of halogens is 4. The van der Waals surface area contributed by atoms with Crippen molar-refractivity contribution < 1.29 is 31.9 Å². The first-order valence-electron chi connectivity index (χ1n) is 6.24. The zero-order valence-corrected chi connectivity index (χ0v) is 12.4. The van der Waals surface area contributed by atoms with Crippen LogP contribution in [0.3, 0.4) is 0 Å². The topological polar surface area (TPSA) is 67.4 Å². The molecule has 0 spiro atoms. The van der Waals surface area contributed by atoms with Crippen LogP contribution in [0.25, 0.3) is 0 Å². The van der Waals surface area contributed by atoms with Gasteiger partial charge in [0.05, 0.1) is 6.42 Å². The second-order valence-electron chi connectivity index (χ2n) is 4.29. The van der Waals surface area contributed by atoms with Gasteiger partial charge in [0.25, 0.3) is 0 Å². The first-order chi connectivity index (χ1) is 10.7. The molecule has 1 rings (SSSR count). The lowest BCUT2D eigenvalue weighted by Crippen LogP contribution is -2.34. The number of hydrogen-bond donors (Lipinski definition) is 2. The summed E-state index contributed by atoms with van der Waals surface area (Å²) in [6.45, 7) is -1.70. The van der Waals surface area contributed by atoms with Crippen molar-refractivity contribution in [1.29, 1.82) is 0 Å². The number of carbonyl (C=O) groups is 2. The van der Waals surface area contributed by atoms with Crippen molar-refractivity contribution in [2.45, 2.75) is 19.0 Å². The average molecular weight is 352 g/mol. The van der Waals surface area contributed by atoms with E-state index in [1.165, 1.54) is 18.2 Å². The van der Waals surface area contributed by atoms with Crippen LogP contribution >= 0.6 is 12.2 Å². The number of benzene rings is 1. The maximum atomic E-state index is 12.9. The van der Waals surface area contributed by atoms with Crippen LogP contribution in [0, 0.1) is 5.82 Å². The second-order valence-corrected chi connectivity index (χ2v) is 4.70. The molecule has 0 heterocycles. The van der Waals surface area contributed by atoms with Gasteiger partial charge < -0.3 is 15.4 Å². The van der Waals surface area contributed by atoms with Crippen molar-refractivity contribution in [3.8, 4) is 0 Å². The van der Waals surface area contributed by atoms with Crippen LogP contribution in [-0.2, 0) is 14.3 Å². The Morgan fingerprint density at radius 1 is 1.22 bits per heavy atom. The van der Waals surface area contributed by atoms with Gasteiger partial charge in [0.2, 0.25) is 5.91 Å². The zero-order chi connectivity index (χ0) is 17.5. The predicted molar refractivity (Wildman–Crippen MR) is 77.0 cm³/mol. The van der Waals surface area contributed by atoms with Gasteiger partial charge in [-0.3, -0.25) is 9.59 Å². The third-order valence-electron chi connectivity index (χ3n) is 2.29. The lowest BCUT2D eigenvalue weighted by Gasteiger charge is -2.10. The lowest BCUT2D eigenvalue weighted by atomic mass is 10.3. The summed E-state index contributed by atoms with van der Waals surface area (Å²) in [6, 6.07) is 5.31. The summed E-state index contributed by atoms with van der Waals surface area (Å²) in [5.41, 5.74) is 0.305. The molecule has 0 aliphatic heterocycles. The number of hydrogen-bond acceptors (Lipinski definition) is 4. The monoisotopic (exact) mass is 352 g/mol. The highest BCUT2D eigenvalue weighted by Crippen LogP contribution is 2.15. The minimum Gasteiger partial charge on any atom is -0.456 e. The molecule has 1 aromatic rings. The normalized spacial score (nSPS) is 10.8. The molecule has 23 heavy (non-hydrogen) atoms. The molecule has 0 aliphatic carbocycles. The number of rotatable bonds is 5. The fourth-order valence-electron chi connectivity index (χ4n) is 1.37. The molecule has 1 amide bonds. The summed E-state index contributed by atoms with van der Waals surface area (Å²) in [5, 5.41) is 4.61. The van der Waals surface area contributed by atoms with E-state index in [9.17, 15) is 27.2 Å². The molecule has 0 fully saturated rings. The van der Waals surface area contributed by atoms with E-state index in [1.54, 1.807) is 0 Å². The number of carbonyl (C=O) groups excluding carboxylic acids is 2. The Morgan fingerprint density at radius 3 is 2.52 bits per heavy atom. The molecule has 5 nitrogen and oxygen atoms in total. The first-order valence-corrected chi connectivity index (χ1v) is 6.65. The summed E-state index contributed by atoms with van der Waals surface area (Å²) in [7, 11) is 0. The van der Waals surface area contributed by atoms with E-state index >= 15 is 0 Å². The molecule has 0 radical (unpaired) electrons. The molecule has 0 saturated carbocycles. The Morgan fingerprint density at radius 2 is 1.91 bits per heavy atom. The van der Waals surface area contributed by atoms with E-state index in [1.807, 2.05) is 0 Å². The summed E-state index contributed by atoms with van der Waals surface area (Å²) in [5.74, 6) is -2.35. The number of esters is 1. The SMILES string of the molecule is O=C(CCC(=O)OCC(F)(F)F)NC(=S)Nc1cccc(F)c1. The first kappa shape index (κ1) is 18.8. The van der Waals surface area contributed by atoms with E-state index in [2.05, 4.69) is 15.4 Å². The molecule has 126 valence electrons. The number of anilines is 1. The molecule has 10 heteroatoms. The van der Waals surface area contributed by atoms with E-state index in [-0.39, 0.29) is 5.11 Å². The van der Waals surface area contributed by atoms with Gasteiger partial charge in [-0.1, -0.05) is 6.07 Å². The van der Waals surface area contributed by atoms with Crippen molar-refractivity contribution in [1.82, 2.24) is 5.32 Å². The highest BCUT2D eigenvalue weighted by Gasteiger charge is 2.29. The Bertz CT molecular complexity index is 593. The van der Waals surface area contributed by atoms with Gasteiger partial charge in [-0.2, -0.15) is 13.2 Å². The van der Waals surface area contributed by atoms with Gasteiger partial charge >= 0.3 is 12.1 Å². The fraction of sp³-hybridized carbons (Fsp3) is 0.308. The second kappa shape index (κ2) is 8.42. The molecule has 0 saturated heterocycles. The van der Waals surface area contributed by atoms with Gasteiger partial charge in [-0.25, -0.2) is 4.39 Å². The molecule has 1 aromatic carbocycles. The van der Waals surface area contributed by atoms with Crippen molar-refractivity contribution in [3.63, 3.8) is 0 Å². The lowest BCUT2D eigenvalue weighted by molar-refractivity contribution is -0.186. The highest BCUT2D eigenvalue weighted by molar-refractivity contribution is 7.80. The third-order valence-corrected chi connectivity index (χ3v) is 2.49. The fourth-order valence-corrected chi connectivity index (χ4v) is 1.60. The summed E-state index contributed by atoms with van der Waals surface area (Å²) in [4.78, 5) is 22.5. The highest BCUT2D eigenvalue weighted by atomic mass is 32.1. The molecule has 0 atom stereocenters. The zero-order valence-electron chi connectivity index (χ0n) is 11.6. The molecular formula is C13H12F4N2O3S. The molecule has 2 N–H and O–H groups in total. The molecule has 0 bridgehead atoms. The van der Waals surface area contributed by atoms with Crippen LogP contribution in [0.4, 0.5) is 23.2 Å². The van der Waals surface area contributed by atoms with Crippen LogP contribution in [0.2, 0.25) is 0 Å². The third kappa shape index (κ3) is 8.71. The van der Waals surface area contributed by atoms with Crippen molar-refractivity contribution in [3.05, 3.63) is 30.1 Å². The predicted octanol–water partition coefficient (Wildman–Crippen LogP) is 2.52. The summed E-state index contributed by atoms with van der Waals surface area (Å²) < 4.78 is 52.3. The Balaban J connectivity index is 2.30. The number of thiocarbonyl (C=S) groups is 1. The number of alkyl halides is 3. The van der Waals surface area contributed by atoms with E-state index in [0.717, 1.165) is 6.07 Å². The molecule has 0 aliphatic rings. The number of nitrogens with one attached hydrogen (secondary N) is 2. The van der Waals surface area contributed by atoms with Gasteiger partial charge in [-0.05, 0) is 30.4 Å². The van der Waals surface area contributed by atoms with Crippen LogP contribution in [0.5, 0.6) is 0 Å². The summed E-state index contributed by atoms with van der Waals surface area (Å²) in [6.07, 6.45) is -5.54. The van der Waals surface area contributed by atoms with Gasteiger partial charge in [0, 0.05) is 12.1 Å². The molecule has 0 unspecified atom stereocenters. The van der Waals surface area contributed by atoms with Crippen LogP contribution in [0.1, 0.15) is 12.8 Å². The average Bonchev–Trinajstić information content (AvgIpc) is 2.42. The standard InChI is InChI=1S/C13H12F4N2O3S/c14-8-2-1-3-9(6-8)18-12(23)19-10(20)4-5-11(21)22-7-13(15,16)17/h1-3,6H,4-5,7H2,(H2,18,19,20,23). The number of ether oxygens (including phenoxy) is 1. The summed E-state index contributed by atoms with van der Waals surface area (Å²) >= 11 is 4.81. The van der Waals surface area contributed by atoms with E-state index in [4.69, 9.17) is 12.2 Å². The van der Waals surface area contributed by atoms with Crippen molar-refractivity contribution >= 4 is 34.9 Å². The molecular weight excluding hydrogens is 340 g/mol. The van der Waals surface area contributed by atoms with Gasteiger partial charge in [0.15, 0.2) is 11.7 Å². The Labute approximate surface area is 134 Å².